The fourth-order valence-corrected chi connectivity index (χ4v) is 2.31. The first-order chi connectivity index (χ1) is 12.0. The topological polar surface area (TPSA) is 58.6 Å². The minimum Gasteiger partial charge on any atom is -0.492 e. The summed E-state index contributed by atoms with van der Waals surface area (Å²) in [6.45, 7) is 4.53. The van der Waals surface area contributed by atoms with E-state index >= 15 is 0 Å². The average Bonchev–Trinajstić information content (AvgIpc) is 2.63. The van der Waals surface area contributed by atoms with Crippen LogP contribution in [0.5, 0.6) is 5.75 Å². The number of nitrogens with zero attached hydrogens (tertiary/aromatic N) is 1. The largest absolute Gasteiger partial charge is 0.492 e. The van der Waals surface area contributed by atoms with Crippen LogP contribution in [-0.4, -0.2) is 43.0 Å². The molecule has 0 radical (unpaired) electrons. The third-order valence-electron chi connectivity index (χ3n) is 3.85. The molecule has 2 amide bonds. The van der Waals surface area contributed by atoms with E-state index in [1.54, 1.807) is 43.1 Å². The monoisotopic (exact) mass is 340 g/mol. The maximum atomic E-state index is 12.4. The zero-order valence-corrected chi connectivity index (χ0v) is 14.9. The molecule has 0 heterocycles. The number of nitrogens with one attached hydrogen (secondary N) is 1. The Hall–Kier alpha value is -2.82. The van der Waals surface area contributed by atoms with Crippen molar-refractivity contribution in [2.24, 2.45) is 0 Å². The first-order valence-electron chi connectivity index (χ1n) is 8.27. The van der Waals surface area contributed by atoms with Crippen molar-refractivity contribution in [1.29, 1.82) is 0 Å². The molecule has 0 aliphatic heterocycles. The molecule has 0 bridgehead atoms. The van der Waals surface area contributed by atoms with E-state index < -0.39 is 6.04 Å². The van der Waals surface area contributed by atoms with Gasteiger partial charge in [-0.2, -0.15) is 0 Å². The highest BCUT2D eigenvalue weighted by atomic mass is 16.5. The molecule has 5 heteroatoms. The molecule has 5 nitrogen and oxygen atoms in total. The number of hydrogen-bond donors (Lipinski definition) is 1. The second-order valence-corrected chi connectivity index (χ2v) is 5.98. The minimum atomic E-state index is -0.600. The van der Waals surface area contributed by atoms with Crippen LogP contribution in [0.15, 0.2) is 54.6 Å². The molecule has 25 heavy (non-hydrogen) atoms. The van der Waals surface area contributed by atoms with Gasteiger partial charge in [0, 0.05) is 12.6 Å². The number of amides is 2. The summed E-state index contributed by atoms with van der Waals surface area (Å²) in [6.07, 6.45) is 0. The van der Waals surface area contributed by atoms with Crippen LogP contribution in [0.4, 0.5) is 0 Å². The van der Waals surface area contributed by atoms with Crippen LogP contribution >= 0.6 is 0 Å². The van der Waals surface area contributed by atoms with Gasteiger partial charge >= 0.3 is 0 Å². The lowest BCUT2D eigenvalue weighted by atomic mass is 10.2. The SMILES string of the molecule is Cc1ccc(OCCN(C)C(=O)C(C)NC(=O)c2ccccc2)cc1. The Morgan fingerprint density at radius 1 is 1.08 bits per heavy atom. The third-order valence-corrected chi connectivity index (χ3v) is 3.85. The molecule has 0 fully saturated rings. The molecular formula is C20H24N2O3. The maximum absolute atomic E-state index is 12.4. The zero-order valence-electron chi connectivity index (χ0n) is 14.9. The molecule has 0 saturated heterocycles. The van der Waals surface area contributed by atoms with E-state index in [1.807, 2.05) is 37.3 Å². The highest BCUT2D eigenvalue weighted by Crippen LogP contribution is 2.11. The number of carbonyl (C=O) groups excluding carboxylic acids is 2. The highest BCUT2D eigenvalue weighted by Gasteiger charge is 2.19. The summed E-state index contributed by atoms with van der Waals surface area (Å²) in [5.74, 6) is 0.361. The number of rotatable bonds is 7. The van der Waals surface area contributed by atoms with Crippen molar-refractivity contribution >= 4 is 11.8 Å². The fraction of sp³-hybridized carbons (Fsp3) is 0.300. The van der Waals surface area contributed by atoms with Crippen LogP contribution in [0.3, 0.4) is 0 Å². The number of hydrogen-bond acceptors (Lipinski definition) is 3. The molecule has 0 aliphatic carbocycles. The summed E-state index contributed by atoms with van der Waals surface area (Å²) in [5, 5.41) is 2.72. The Morgan fingerprint density at radius 3 is 2.36 bits per heavy atom. The van der Waals surface area contributed by atoms with Gasteiger partial charge in [-0.25, -0.2) is 0 Å². The summed E-state index contributed by atoms with van der Waals surface area (Å²) < 4.78 is 5.63. The van der Waals surface area contributed by atoms with Gasteiger partial charge < -0.3 is 15.0 Å². The minimum absolute atomic E-state index is 0.156. The number of carbonyl (C=O) groups is 2. The van der Waals surface area contributed by atoms with E-state index in [-0.39, 0.29) is 11.8 Å². The molecule has 0 aliphatic rings. The van der Waals surface area contributed by atoms with Gasteiger partial charge in [0.1, 0.15) is 18.4 Å². The lowest BCUT2D eigenvalue weighted by Gasteiger charge is -2.22. The fourth-order valence-electron chi connectivity index (χ4n) is 2.31. The van der Waals surface area contributed by atoms with E-state index in [9.17, 15) is 9.59 Å². The molecule has 0 aromatic heterocycles. The van der Waals surface area contributed by atoms with Crippen molar-refractivity contribution in [2.45, 2.75) is 19.9 Å². The van der Waals surface area contributed by atoms with Crippen molar-refractivity contribution in [1.82, 2.24) is 10.2 Å². The van der Waals surface area contributed by atoms with E-state index in [1.165, 1.54) is 5.56 Å². The van der Waals surface area contributed by atoms with Crippen molar-refractivity contribution in [3.8, 4) is 5.75 Å². The molecule has 2 aromatic rings. The Bertz CT molecular complexity index is 699. The van der Waals surface area contributed by atoms with Crippen LogP contribution in [0.1, 0.15) is 22.8 Å². The van der Waals surface area contributed by atoms with E-state index in [4.69, 9.17) is 4.74 Å². The summed E-state index contributed by atoms with van der Waals surface area (Å²) >= 11 is 0. The second kappa shape index (κ2) is 8.87. The Labute approximate surface area is 148 Å². The standard InChI is InChI=1S/C20H24N2O3/c1-15-9-11-18(12-10-15)25-14-13-22(3)20(24)16(2)21-19(23)17-7-5-4-6-8-17/h4-12,16H,13-14H2,1-3H3,(H,21,23). The molecule has 1 atom stereocenters. The van der Waals surface area contributed by atoms with Gasteiger partial charge in [0.2, 0.25) is 5.91 Å². The van der Waals surface area contributed by atoms with E-state index in [2.05, 4.69) is 5.32 Å². The van der Waals surface area contributed by atoms with E-state index in [0.29, 0.717) is 18.7 Å². The molecule has 1 unspecified atom stereocenters. The van der Waals surface area contributed by atoms with Crippen molar-refractivity contribution < 1.29 is 14.3 Å². The Balaban J connectivity index is 1.78. The van der Waals surface area contributed by atoms with Crippen LogP contribution in [0, 0.1) is 6.92 Å². The number of aryl methyl sites for hydroxylation is 1. The quantitative estimate of drug-likeness (QED) is 0.843. The summed E-state index contributed by atoms with van der Waals surface area (Å²) in [5.41, 5.74) is 1.70. The smallest absolute Gasteiger partial charge is 0.251 e. The van der Waals surface area contributed by atoms with Crippen LogP contribution < -0.4 is 10.1 Å². The van der Waals surface area contributed by atoms with Gasteiger partial charge in [-0.15, -0.1) is 0 Å². The number of likely N-dealkylation sites (N-methyl/N-ethyl adjacent to an activating group) is 1. The lowest BCUT2D eigenvalue weighted by molar-refractivity contribution is -0.131. The van der Waals surface area contributed by atoms with Crippen LogP contribution in [0.2, 0.25) is 0 Å². The van der Waals surface area contributed by atoms with Gasteiger partial charge in [-0.1, -0.05) is 35.9 Å². The third kappa shape index (κ3) is 5.64. The van der Waals surface area contributed by atoms with Gasteiger partial charge in [0.15, 0.2) is 0 Å². The Kier molecular flexibility index (Phi) is 6.57. The molecule has 1 N–H and O–H groups in total. The predicted molar refractivity (Wildman–Crippen MR) is 97.7 cm³/mol. The average molecular weight is 340 g/mol. The molecule has 2 rings (SSSR count). The van der Waals surface area contributed by atoms with Crippen molar-refractivity contribution in [2.75, 3.05) is 20.2 Å². The van der Waals surface area contributed by atoms with Gasteiger partial charge in [0.05, 0.1) is 6.54 Å². The lowest BCUT2D eigenvalue weighted by Crippen LogP contribution is -2.46. The van der Waals surface area contributed by atoms with E-state index in [0.717, 1.165) is 5.75 Å². The summed E-state index contributed by atoms with van der Waals surface area (Å²) in [6, 6.07) is 16.0. The van der Waals surface area contributed by atoms with Gasteiger partial charge in [-0.05, 0) is 38.1 Å². The Morgan fingerprint density at radius 2 is 1.72 bits per heavy atom. The molecular weight excluding hydrogens is 316 g/mol. The first kappa shape index (κ1) is 18.5. The number of ether oxygens (including phenoxy) is 1. The normalized spacial score (nSPS) is 11.5. The molecule has 2 aromatic carbocycles. The second-order valence-electron chi connectivity index (χ2n) is 5.98. The van der Waals surface area contributed by atoms with Crippen LogP contribution in [0.25, 0.3) is 0 Å². The molecule has 0 spiro atoms. The van der Waals surface area contributed by atoms with Gasteiger partial charge in [-0.3, -0.25) is 9.59 Å². The highest BCUT2D eigenvalue weighted by molar-refractivity contribution is 5.97. The van der Waals surface area contributed by atoms with Crippen LogP contribution in [-0.2, 0) is 4.79 Å². The predicted octanol–water partition coefficient (Wildman–Crippen LogP) is 2.65. The number of benzene rings is 2. The van der Waals surface area contributed by atoms with Crippen molar-refractivity contribution in [3.05, 3.63) is 65.7 Å². The molecule has 0 saturated carbocycles. The summed E-state index contributed by atoms with van der Waals surface area (Å²) in [7, 11) is 1.70. The maximum Gasteiger partial charge on any atom is 0.251 e. The summed E-state index contributed by atoms with van der Waals surface area (Å²) in [4.78, 5) is 26.0. The van der Waals surface area contributed by atoms with Crippen molar-refractivity contribution in [3.63, 3.8) is 0 Å². The zero-order chi connectivity index (χ0) is 18.2. The molecule has 132 valence electrons. The first-order valence-corrected chi connectivity index (χ1v) is 8.27. The van der Waals surface area contributed by atoms with Gasteiger partial charge in [0.25, 0.3) is 5.91 Å².